The molecule has 0 bridgehead atoms. The molecule has 0 unspecified atom stereocenters. The van der Waals surface area contributed by atoms with Crippen LogP contribution in [0.4, 0.5) is 0 Å². The van der Waals surface area contributed by atoms with Crippen molar-refractivity contribution >= 4 is 32.8 Å². The highest BCUT2D eigenvalue weighted by molar-refractivity contribution is 9.10. The summed E-state index contributed by atoms with van der Waals surface area (Å²) in [7, 11) is 0. The molecule has 1 aliphatic carbocycles. The van der Waals surface area contributed by atoms with E-state index in [0.29, 0.717) is 12.8 Å². The number of aromatic nitrogens is 2. The summed E-state index contributed by atoms with van der Waals surface area (Å²) in [6.07, 6.45) is 2.39. The summed E-state index contributed by atoms with van der Waals surface area (Å²) in [6, 6.07) is 5.65. The molecule has 88 valence electrons. The molecule has 1 fully saturated rings. The average molecular weight is 295 g/mol. The smallest absolute Gasteiger partial charge is 0.314 e. The lowest BCUT2D eigenvalue weighted by molar-refractivity contribution is -0.147. The Morgan fingerprint density at radius 2 is 2.24 bits per heavy atom. The molecule has 2 aromatic rings. The van der Waals surface area contributed by atoms with Crippen LogP contribution in [0.1, 0.15) is 24.8 Å². The molecule has 0 radical (unpaired) electrons. The number of halogens is 1. The van der Waals surface area contributed by atoms with E-state index >= 15 is 0 Å². The molecule has 17 heavy (non-hydrogen) atoms. The molecule has 0 atom stereocenters. The number of carboxylic acid groups (broad SMARTS) is 1. The second kappa shape index (κ2) is 3.57. The van der Waals surface area contributed by atoms with Gasteiger partial charge >= 0.3 is 5.97 Å². The molecule has 4 nitrogen and oxygen atoms in total. The van der Waals surface area contributed by atoms with E-state index in [9.17, 15) is 9.90 Å². The number of carboxylic acids is 1. The summed E-state index contributed by atoms with van der Waals surface area (Å²) in [5.41, 5.74) is 0.961. The highest BCUT2D eigenvalue weighted by atomic mass is 79.9. The van der Waals surface area contributed by atoms with Gasteiger partial charge in [0, 0.05) is 5.39 Å². The maximum absolute atomic E-state index is 11.5. The van der Waals surface area contributed by atoms with Crippen molar-refractivity contribution in [3.8, 4) is 0 Å². The van der Waals surface area contributed by atoms with Crippen molar-refractivity contribution in [2.45, 2.75) is 24.7 Å². The zero-order valence-electron chi connectivity index (χ0n) is 9.03. The molecule has 5 heteroatoms. The number of rotatable bonds is 2. The first-order chi connectivity index (χ1) is 8.15. The number of hydrogen-bond acceptors (Lipinski definition) is 2. The van der Waals surface area contributed by atoms with Crippen molar-refractivity contribution in [2.75, 3.05) is 0 Å². The molecule has 1 aliphatic rings. The van der Waals surface area contributed by atoms with Crippen LogP contribution in [0.5, 0.6) is 0 Å². The Labute approximate surface area is 106 Å². The monoisotopic (exact) mass is 294 g/mol. The Balaban J connectivity index is 2.30. The minimum atomic E-state index is -0.732. The van der Waals surface area contributed by atoms with Crippen LogP contribution in [0.3, 0.4) is 0 Å². The van der Waals surface area contributed by atoms with Gasteiger partial charge < -0.3 is 5.11 Å². The number of nitrogens with zero attached hydrogens (tertiary/aromatic N) is 1. The van der Waals surface area contributed by atoms with Crippen molar-refractivity contribution in [3.63, 3.8) is 0 Å². The lowest BCUT2D eigenvalue weighted by atomic mass is 9.64. The Bertz CT molecular complexity index is 602. The lowest BCUT2D eigenvalue weighted by Gasteiger charge is -2.38. The molecule has 1 aromatic carbocycles. The zero-order chi connectivity index (χ0) is 12.0. The topological polar surface area (TPSA) is 66.0 Å². The van der Waals surface area contributed by atoms with Crippen molar-refractivity contribution in [3.05, 3.63) is 28.4 Å². The Morgan fingerprint density at radius 3 is 2.82 bits per heavy atom. The van der Waals surface area contributed by atoms with Crippen LogP contribution < -0.4 is 0 Å². The maximum atomic E-state index is 11.5. The second-order valence-electron chi connectivity index (χ2n) is 4.48. The van der Waals surface area contributed by atoms with E-state index in [0.717, 1.165) is 27.5 Å². The third kappa shape index (κ3) is 1.35. The molecule has 0 amide bonds. The third-order valence-corrected chi connectivity index (χ3v) is 4.24. The first kappa shape index (κ1) is 10.8. The number of carbonyl (C=O) groups is 1. The van der Waals surface area contributed by atoms with E-state index in [2.05, 4.69) is 26.1 Å². The second-order valence-corrected chi connectivity index (χ2v) is 5.27. The van der Waals surface area contributed by atoms with Crippen LogP contribution >= 0.6 is 15.9 Å². The van der Waals surface area contributed by atoms with Gasteiger partial charge in [0.05, 0.1) is 10.9 Å². The molecular formula is C12H11BrN2O2. The van der Waals surface area contributed by atoms with Gasteiger partial charge in [-0.1, -0.05) is 18.6 Å². The quantitative estimate of drug-likeness (QED) is 0.895. The van der Waals surface area contributed by atoms with Crippen LogP contribution in [-0.2, 0) is 10.2 Å². The van der Waals surface area contributed by atoms with Crippen molar-refractivity contribution in [1.29, 1.82) is 0 Å². The van der Waals surface area contributed by atoms with Crippen LogP contribution in [-0.4, -0.2) is 21.3 Å². The molecule has 3 rings (SSSR count). The molecule has 0 saturated heterocycles. The number of H-pyrrole nitrogens is 1. The van der Waals surface area contributed by atoms with E-state index in [-0.39, 0.29) is 0 Å². The summed E-state index contributed by atoms with van der Waals surface area (Å²) >= 11 is 3.40. The minimum absolute atomic E-state index is 0.707. The van der Waals surface area contributed by atoms with Crippen LogP contribution in [0, 0.1) is 0 Å². The average Bonchev–Trinajstić information content (AvgIpc) is 2.59. The minimum Gasteiger partial charge on any atom is -0.481 e. The van der Waals surface area contributed by atoms with Gasteiger partial charge in [-0.15, -0.1) is 0 Å². The Morgan fingerprint density at radius 1 is 1.47 bits per heavy atom. The SMILES string of the molecule is O=C(O)C1(c2cccc3n[nH]c(Br)c23)CCC1. The van der Waals surface area contributed by atoms with Crippen LogP contribution in [0.2, 0.25) is 0 Å². The highest BCUT2D eigenvalue weighted by Gasteiger charge is 2.47. The van der Waals surface area contributed by atoms with Gasteiger partial charge in [0.2, 0.25) is 0 Å². The van der Waals surface area contributed by atoms with Gasteiger partial charge in [-0.3, -0.25) is 9.89 Å². The van der Waals surface area contributed by atoms with E-state index in [4.69, 9.17) is 0 Å². The van der Waals surface area contributed by atoms with Crippen molar-refractivity contribution in [1.82, 2.24) is 10.2 Å². The Hall–Kier alpha value is -1.36. The van der Waals surface area contributed by atoms with Crippen molar-refractivity contribution in [2.24, 2.45) is 0 Å². The van der Waals surface area contributed by atoms with Crippen LogP contribution in [0.25, 0.3) is 10.9 Å². The molecule has 0 spiro atoms. The number of hydrogen-bond donors (Lipinski definition) is 2. The van der Waals surface area contributed by atoms with Crippen molar-refractivity contribution < 1.29 is 9.90 Å². The summed E-state index contributed by atoms with van der Waals surface area (Å²) in [5, 5.41) is 17.4. The summed E-state index contributed by atoms with van der Waals surface area (Å²) in [6.45, 7) is 0. The van der Waals surface area contributed by atoms with E-state index in [1.54, 1.807) is 0 Å². The first-order valence-electron chi connectivity index (χ1n) is 5.52. The fraction of sp³-hybridized carbons (Fsp3) is 0.333. The number of benzene rings is 1. The largest absolute Gasteiger partial charge is 0.481 e. The molecular weight excluding hydrogens is 284 g/mol. The van der Waals surface area contributed by atoms with Gasteiger partial charge in [-0.2, -0.15) is 5.10 Å². The van der Waals surface area contributed by atoms with Crippen LogP contribution in [0.15, 0.2) is 22.8 Å². The van der Waals surface area contributed by atoms with E-state index < -0.39 is 11.4 Å². The number of fused-ring (bicyclic) bond motifs is 1. The highest BCUT2D eigenvalue weighted by Crippen LogP contribution is 2.47. The number of nitrogens with one attached hydrogen (secondary N) is 1. The molecule has 2 N–H and O–H groups in total. The lowest BCUT2D eigenvalue weighted by Crippen LogP contribution is -2.42. The summed E-state index contributed by atoms with van der Waals surface area (Å²) in [5.74, 6) is -0.732. The summed E-state index contributed by atoms with van der Waals surface area (Å²) < 4.78 is 0.760. The standard InChI is InChI=1S/C12H11BrN2O2/c13-10-9-7(3-1-4-8(9)14-15-10)12(11(16)17)5-2-6-12/h1,3-4H,2,5-6H2,(H,14,15)(H,16,17). The van der Waals surface area contributed by atoms with Gasteiger partial charge in [0.25, 0.3) is 0 Å². The summed E-state index contributed by atoms with van der Waals surface area (Å²) in [4.78, 5) is 11.5. The van der Waals surface area contributed by atoms with Gasteiger partial charge in [0.15, 0.2) is 0 Å². The molecule has 0 aliphatic heterocycles. The fourth-order valence-corrected chi connectivity index (χ4v) is 3.06. The van der Waals surface area contributed by atoms with Gasteiger partial charge in [-0.05, 0) is 40.4 Å². The predicted molar refractivity (Wildman–Crippen MR) is 67.0 cm³/mol. The third-order valence-electron chi connectivity index (χ3n) is 3.67. The predicted octanol–water partition coefficient (Wildman–Crippen LogP) is 2.83. The first-order valence-corrected chi connectivity index (χ1v) is 6.31. The number of aliphatic carboxylic acids is 1. The number of aromatic amines is 1. The molecule has 1 aromatic heterocycles. The van der Waals surface area contributed by atoms with E-state index in [1.165, 1.54) is 0 Å². The van der Waals surface area contributed by atoms with Gasteiger partial charge in [0.1, 0.15) is 4.60 Å². The maximum Gasteiger partial charge on any atom is 0.314 e. The van der Waals surface area contributed by atoms with Gasteiger partial charge in [-0.25, -0.2) is 0 Å². The normalized spacial score (nSPS) is 17.9. The van der Waals surface area contributed by atoms with E-state index in [1.807, 2.05) is 18.2 Å². The molecule has 1 saturated carbocycles. The zero-order valence-corrected chi connectivity index (χ0v) is 10.6. The fourth-order valence-electron chi connectivity index (χ4n) is 2.56. The molecule has 1 heterocycles. The Kier molecular flexibility index (Phi) is 2.26.